The molecule has 3 aliphatic rings. The minimum absolute atomic E-state index is 0.0642. The quantitative estimate of drug-likeness (QED) is 0.366. The number of pyridine rings is 2. The maximum absolute atomic E-state index is 12.3. The van der Waals surface area contributed by atoms with Crippen molar-refractivity contribution in [2.75, 3.05) is 75.7 Å². The molecule has 0 aromatic carbocycles. The molecule has 0 atom stereocenters. The molecule has 0 radical (unpaired) electrons. The fraction of sp³-hybridized carbons (Fsp3) is 0.552. The van der Waals surface area contributed by atoms with Crippen molar-refractivity contribution >= 4 is 38.4 Å². The monoisotopic (exact) mass is 627 g/mol. The molecule has 0 bridgehead atoms. The van der Waals surface area contributed by atoms with Crippen LogP contribution in [-0.4, -0.2) is 117 Å². The molecule has 5 heterocycles. The average Bonchev–Trinajstić information content (AvgIpc) is 3.05. The first kappa shape index (κ1) is 30.2. The van der Waals surface area contributed by atoms with Gasteiger partial charge < -0.3 is 34.1 Å². The first-order chi connectivity index (χ1) is 21.3. The summed E-state index contributed by atoms with van der Waals surface area (Å²) in [5.74, 6) is 1.97. The van der Waals surface area contributed by atoms with Gasteiger partial charge in [-0.05, 0) is 31.7 Å². The van der Waals surface area contributed by atoms with Crippen LogP contribution >= 0.6 is 0 Å². The summed E-state index contributed by atoms with van der Waals surface area (Å²) in [5, 5.41) is 3.96. The Morgan fingerprint density at radius 2 is 1.64 bits per heavy atom. The van der Waals surface area contributed by atoms with Gasteiger partial charge in [-0.25, -0.2) is 18.4 Å². The Labute approximate surface area is 256 Å². The van der Waals surface area contributed by atoms with Crippen LogP contribution in [0.25, 0.3) is 10.9 Å². The van der Waals surface area contributed by atoms with Crippen LogP contribution in [0.5, 0.6) is 11.6 Å². The number of amides is 1. The highest BCUT2D eigenvalue weighted by Crippen LogP contribution is 2.32. The van der Waals surface area contributed by atoms with E-state index in [0.29, 0.717) is 81.1 Å². The van der Waals surface area contributed by atoms with E-state index in [4.69, 9.17) is 23.9 Å². The van der Waals surface area contributed by atoms with E-state index in [2.05, 4.69) is 25.2 Å². The Morgan fingerprint density at radius 1 is 0.955 bits per heavy atom. The highest BCUT2D eigenvalue weighted by atomic mass is 32.2. The summed E-state index contributed by atoms with van der Waals surface area (Å²) in [6.45, 7) is 4.81. The largest absolute Gasteiger partial charge is 0.481 e. The predicted molar refractivity (Wildman–Crippen MR) is 161 cm³/mol. The molecule has 1 N–H and O–H groups in total. The van der Waals surface area contributed by atoms with Crippen molar-refractivity contribution in [3.05, 3.63) is 30.7 Å². The lowest BCUT2D eigenvalue weighted by Gasteiger charge is -2.31. The molecule has 0 unspecified atom stereocenters. The van der Waals surface area contributed by atoms with E-state index in [1.54, 1.807) is 23.4 Å². The number of anilines is 2. The Morgan fingerprint density at radius 3 is 2.32 bits per heavy atom. The number of carbonyl (C=O) groups is 1. The van der Waals surface area contributed by atoms with Crippen molar-refractivity contribution in [2.24, 2.45) is 0 Å². The average molecular weight is 628 g/mol. The van der Waals surface area contributed by atoms with Gasteiger partial charge >= 0.3 is 0 Å². The zero-order valence-electron chi connectivity index (χ0n) is 24.7. The van der Waals surface area contributed by atoms with Gasteiger partial charge in [-0.2, -0.15) is 4.98 Å². The normalized spacial score (nSPS) is 21.2. The third-order valence-electron chi connectivity index (χ3n) is 8.01. The molecular formula is C29H37N7O7S. The Kier molecular flexibility index (Phi) is 9.23. The van der Waals surface area contributed by atoms with Crippen LogP contribution in [0.4, 0.5) is 11.8 Å². The summed E-state index contributed by atoms with van der Waals surface area (Å²) < 4.78 is 47.3. The minimum atomic E-state index is -3.45. The second-order valence-corrected chi connectivity index (χ2v) is 13.2. The highest BCUT2D eigenvalue weighted by Gasteiger charge is 2.26. The molecule has 236 valence electrons. The Hall–Kier alpha value is -3.82. The van der Waals surface area contributed by atoms with Gasteiger partial charge in [0.2, 0.25) is 11.8 Å². The molecule has 2 aliphatic heterocycles. The summed E-state index contributed by atoms with van der Waals surface area (Å²) in [6.07, 6.45) is 8.78. The predicted octanol–water partition coefficient (Wildman–Crippen LogP) is 1.70. The number of morpholine rings is 2. The van der Waals surface area contributed by atoms with Gasteiger partial charge in [-0.3, -0.25) is 9.78 Å². The van der Waals surface area contributed by atoms with E-state index in [-0.39, 0.29) is 29.6 Å². The molecule has 44 heavy (non-hydrogen) atoms. The lowest BCUT2D eigenvalue weighted by molar-refractivity contribution is -0.137. The number of fused-ring (bicyclic) bond motifs is 1. The number of hydrogen-bond donors (Lipinski definition) is 1. The van der Waals surface area contributed by atoms with Crippen molar-refractivity contribution in [3.8, 4) is 11.6 Å². The Balaban J connectivity index is 1.06. The first-order valence-electron chi connectivity index (χ1n) is 14.9. The smallest absolute Gasteiger partial charge is 0.260 e. The summed E-state index contributed by atoms with van der Waals surface area (Å²) in [5.41, 5.74) is 0.634. The molecular weight excluding hydrogens is 590 g/mol. The summed E-state index contributed by atoms with van der Waals surface area (Å²) in [7, 11) is -3.45. The van der Waals surface area contributed by atoms with Crippen molar-refractivity contribution in [1.29, 1.82) is 0 Å². The topological polar surface area (TPSA) is 158 Å². The maximum atomic E-state index is 12.3. The summed E-state index contributed by atoms with van der Waals surface area (Å²) in [6, 6.07) is 3.63. The molecule has 14 nitrogen and oxygen atoms in total. The third-order valence-corrected chi connectivity index (χ3v) is 9.09. The highest BCUT2D eigenvalue weighted by molar-refractivity contribution is 7.90. The second kappa shape index (κ2) is 13.4. The van der Waals surface area contributed by atoms with Crippen molar-refractivity contribution in [2.45, 2.75) is 42.7 Å². The van der Waals surface area contributed by atoms with Gasteiger partial charge in [-0.15, -0.1) is 0 Å². The number of sulfone groups is 1. The van der Waals surface area contributed by atoms with Gasteiger partial charge in [0.25, 0.3) is 5.91 Å². The molecule has 1 aliphatic carbocycles. The number of hydrogen-bond acceptors (Lipinski definition) is 13. The van der Waals surface area contributed by atoms with E-state index < -0.39 is 9.84 Å². The molecule has 1 saturated carbocycles. The zero-order valence-corrected chi connectivity index (χ0v) is 25.5. The van der Waals surface area contributed by atoms with E-state index in [1.807, 2.05) is 6.07 Å². The molecule has 3 aromatic heterocycles. The molecule has 3 fully saturated rings. The third kappa shape index (κ3) is 7.45. The number of aromatic nitrogens is 4. The number of carbonyl (C=O) groups excluding carboxylic acids is 1. The fourth-order valence-corrected chi connectivity index (χ4v) is 6.06. The number of ether oxygens (including phenoxy) is 4. The SMILES string of the molecule is CS(=O)(=O)c1cnc2cc(N3CCOCC3)nc(O[C@H]3CC[C@@H](Nc4ncc(OCC(=O)N5CCOCC5)cn4)CC3)c2c1. The number of nitrogens with one attached hydrogen (secondary N) is 1. The second-order valence-electron chi connectivity index (χ2n) is 11.2. The van der Waals surface area contributed by atoms with Crippen molar-refractivity contribution in [3.63, 3.8) is 0 Å². The lowest BCUT2D eigenvalue weighted by atomic mass is 9.93. The minimum Gasteiger partial charge on any atom is -0.481 e. The van der Waals surface area contributed by atoms with Gasteiger partial charge in [0.1, 0.15) is 11.9 Å². The van der Waals surface area contributed by atoms with E-state index in [9.17, 15) is 13.2 Å². The lowest BCUT2D eigenvalue weighted by Crippen LogP contribution is -2.43. The first-order valence-corrected chi connectivity index (χ1v) is 16.8. The van der Waals surface area contributed by atoms with E-state index >= 15 is 0 Å². The maximum Gasteiger partial charge on any atom is 0.260 e. The van der Waals surface area contributed by atoms with Crippen LogP contribution in [0.1, 0.15) is 25.7 Å². The van der Waals surface area contributed by atoms with Crippen LogP contribution in [0, 0.1) is 0 Å². The van der Waals surface area contributed by atoms with Gasteiger partial charge in [0, 0.05) is 50.7 Å². The fourth-order valence-electron chi connectivity index (χ4n) is 5.49. The van der Waals surface area contributed by atoms with Crippen LogP contribution < -0.4 is 19.7 Å². The molecule has 6 rings (SSSR count). The molecule has 3 aromatic rings. The standard InChI is InChI=1S/C29H37N7O7S/c1-44(38,39)23-14-24-25(30-18-23)15-26(35-6-10-40-11-7-35)34-28(24)43-21-4-2-20(3-5-21)33-29-31-16-22(17-32-29)42-19-27(37)36-8-12-41-13-9-36/h14-18,20-21H,2-13,19H2,1H3,(H,31,32,33)/t20-,21+. The van der Waals surface area contributed by atoms with E-state index in [1.165, 1.54) is 6.20 Å². The summed E-state index contributed by atoms with van der Waals surface area (Å²) >= 11 is 0. The van der Waals surface area contributed by atoms with Gasteiger partial charge in [0.05, 0.1) is 54.6 Å². The molecule has 0 spiro atoms. The van der Waals surface area contributed by atoms with Crippen LogP contribution in [-0.2, 0) is 24.1 Å². The molecule has 15 heteroatoms. The van der Waals surface area contributed by atoms with Crippen LogP contribution in [0.15, 0.2) is 35.6 Å². The zero-order chi connectivity index (χ0) is 30.5. The molecule has 1 amide bonds. The van der Waals surface area contributed by atoms with E-state index in [0.717, 1.165) is 37.8 Å². The van der Waals surface area contributed by atoms with Crippen LogP contribution in [0.3, 0.4) is 0 Å². The molecule has 2 saturated heterocycles. The summed E-state index contributed by atoms with van der Waals surface area (Å²) in [4.78, 5) is 34.3. The van der Waals surface area contributed by atoms with Crippen molar-refractivity contribution < 1.29 is 32.2 Å². The Bertz CT molecular complexity index is 1550. The number of nitrogens with zero attached hydrogens (tertiary/aromatic N) is 6. The van der Waals surface area contributed by atoms with Crippen molar-refractivity contribution in [1.82, 2.24) is 24.8 Å². The van der Waals surface area contributed by atoms with Gasteiger partial charge in [0.15, 0.2) is 22.2 Å². The van der Waals surface area contributed by atoms with Gasteiger partial charge in [-0.1, -0.05) is 0 Å². The number of rotatable bonds is 9. The van der Waals surface area contributed by atoms with Crippen LogP contribution in [0.2, 0.25) is 0 Å².